The van der Waals surface area contributed by atoms with Crippen molar-refractivity contribution in [1.82, 2.24) is 9.88 Å². The molecule has 5 heteroatoms. The molecule has 1 heterocycles. The minimum atomic E-state index is -0.620. The van der Waals surface area contributed by atoms with Gasteiger partial charge in [0, 0.05) is 29.4 Å². The Labute approximate surface area is 130 Å². The summed E-state index contributed by atoms with van der Waals surface area (Å²) in [4.78, 5) is 30.3. The molecule has 0 aliphatic carbocycles. The van der Waals surface area contributed by atoms with Crippen molar-refractivity contribution in [2.45, 2.75) is 39.8 Å². The lowest BCUT2D eigenvalue weighted by molar-refractivity contribution is -0.145. The second kappa shape index (κ2) is 6.56. The fraction of sp³-hybridized carbons (Fsp3) is 0.353. The number of amides is 2. The summed E-state index contributed by atoms with van der Waals surface area (Å²) in [7, 11) is 0. The monoisotopic (exact) mass is 299 g/mol. The van der Waals surface area contributed by atoms with Gasteiger partial charge in [-0.1, -0.05) is 6.07 Å². The molecule has 0 saturated heterocycles. The number of pyridine rings is 1. The summed E-state index contributed by atoms with van der Waals surface area (Å²) >= 11 is 0. The Morgan fingerprint density at radius 3 is 2.41 bits per heavy atom. The molecule has 0 atom stereocenters. The average Bonchev–Trinajstić information content (AvgIpc) is 2.46. The van der Waals surface area contributed by atoms with Gasteiger partial charge in [-0.05, 0) is 52.0 Å². The molecule has 2 aromatic rings. The van der Waals surface area contributed by atoms with Gasteiger partial charge in [-0.15, -0.1) is 0 Å². The van der Waals surface area contributed by atoms with Crippen LogP contribution in [0.2, 0.25) is 0 Å². The van der Waals surface area contributed by atoms with Crippen LogP contribution >= 0.6 is 0 Å². The van der Waals surface area contributed by atoms with Crippen molar-refractivity contribution in [3.05, 3.63) is 36.5 Å². The van der Waals surface area contributed by atoms with Crippen LogP contribution in [0.4, 0.5) is 5.69 Å². The third-order valence-corrected chi connectivity index (χ3v) is 3.40. The first-order valence-corrected chi connectivity index (χ1v) is 7.38. The van der Waals surface area contributed by atoms with E-state index in [4.69, 9.17) is 0 Å². The Kier molecular flexibility index (Phi) is 4.75. The van der Waals surface area contributed by atoms with Crippen molar-refractivity contribution in [1.29, 1.82) is 0 Å². The molecule has 0 bridgehead atoms. The van der Waals surface area contributed by atoms with E-state index in [2.05, 4.69) is 10.3 Å². The summed E-state index contributed by atoms with van der Waals surface area (Å²) < 4.78 is 0. The minimum absolute atomic E-state index is 0.0287. The molecule has 0 fully saturated rings. The van der Waals surface area contributed by atoms with Gasteiger partial charge >= 0.3 is 11.8 Å². The number of carbonyl (C=O) groups excluding carboxylic acids is 2. The minimum Gasteiger partial charge on any atom is -0.330 e. The Morgan fingerprint density at radius 2 is 1.77 bits per heavy atom. The maximum Gasteiger partial charge on any atom is 0.313 e. The Hall–Kier alpha value is -2.43. The van der Waals surface area contributed by atoms with Crippen molar-refractivity contribution in [2.75, 3.05) is 5.32 Å². The van der Waals surface area contributed by atoms with Gasteiger partial charge < -0.3 is 10.2 Å². The third kappa shape index (κ3) is 3.42. The number of carbonyl (C=O) groups is 2. The average molecular weight is 299 g/mol. The van der Waals surface area contributed by atoms with Crippen molar-refractivity contribution >= 4 is 28.4 Å². The maximum absolute atomic E-state index is 12.3. The molecule has 0 radical (unpaired) electrons. The van der Waals surface area contributed by atoms with Crippen LogP contribution in [0.25, 0.3) is 10.9 Å². The maximum atomic E-state index is 12.3. The molecule has 0 saturated carbocycles. The zero-order valence-corrected chi connectivity index (χ0v) is 13.3. The molecule has 2 rings (SSSR count). The van der Waals surface area contributed by atoms with E-state index in [0.29, 0.717) is 5.69 Å². The lowest BCUT2D eigenvalue weighted by Crippen LogP contribution is -2.47. The van der Waals surface area contributed by atoms with Crippen LogP contribution in [0.3, 0.4) is 0 Å². The van der Waals surface area contributed by atoms with E-state index in [1.807, 2.05) is 52.0 Å². The molecule has 22 heavy (non-hydrogen) atoms. The van der Waals surface area contributed by atoms with Gasteiger partial charge in [-0.25, -0.2) is 0 Å². The van der Waals surface area contributed by atoms with Crippen LogP contribution in [0.5, 0.6) is 0 Å². The van der Waals surface area contributed by atoms with E-state index in [1.165, 1.54) is 0 Å². The zero-order valence-electron chi connectivity index (χ0n) is 13.3. The summed E-state index contributed by atoms with van der Waals surface area (Å²) in [5.41, 5.74) is 1.43. The third-order valence-electron chi connectivity index (χ3n) is 3.40. The van der Waals surface area contributed by atoms with Crippen LogP contribution in [0.1, 0.15) is 27.7 Å². The Bertz CT molecular complexity index is 687. The van der Waals surface area contributed by atoms with Gasteiger partial charge in [-0.3, -0.25) is 14.6 Å². The van der Waals surface area contributed by atoms with Gasteiger partial charge in [0.05, 0.1) is 5.52 Å². The largest absolute Gasteiger partial charge is 0.330 e. The molecule has 1 aromatic heterocycles. The van der Waals surface area contributed by atoms with E-state index in [-0.39, 0.29) is 12.1 Å². The van der Waals surface area contributed by atoms with Crippen LogP contribution in [0, 0.1) is 0 Å². The molecule has 0 spiro atoms. The van der Waals surface area contributed by atoms with Crippen LogP contribution < -0.4 is 5.32 Å². The lowest BCUT2D eigenvalue weighted by atomic mass is 10.2. The highest BCUT2D eigenvalue weighted by Crippen LogP contribution is 2.17. The summed E-state index contributed by atoms with van der Waals surface area (Å²) in [6, 6.07) is 9.06. The SMILES string of the molecule is CC(C)N(C(=O)C(=O)Nc1ccc2ncccc2c1)C(C)C. The number of anilines is 1. The summed E-state index contributed by atoms with van der Waals surface area (Å²) in [5, 5.41) is 3.58. The second-order valence-corrected chi connectivity index (χ2v) is 5.76. The van der Waals surface area contributed by atoms with Crippen molar-refractivity contribution in [3.8, 4) is 0 Å². The molecule has 0 aliphatic rings. The highest BCUT2D eigenvalue weighted by molar-refractivity contribution is 6.39. The fourth-order valence-corrected chi connectivity index (χ4v) is 2.52. The Balaban J connectivity index is 2.17. The molecule has 1 aromatic carbocycles. The normalized spacial score (nSPS) is 11.0. The van der Waals surface area contributed by atoms with E-state index in [9.17, 15) is 9.59 Å². The highest BCUT2D eigenvalue weighted by Gasteiger charge is 2.26. The summed E-state index contributed by atoms with van der Waals surface area (Å²) in [6.45, 7) is 7.58. The number of hydrogen-bond donors (Lipinski definition) is 1. The molecule has 0 unspecified atom stereocenters. The lowest BCUT2D eigenvalue weighted by Gasteiger charge is -2.29. The van der Waals surface area contributed by atoms with Crippen molar-refractivity contribution in [3.63, 3.8) is 0 Å². The van der Waals surface area contributed by atoms with Crippen LogP contribution in [-0.4, -0.2) is 33.8 Å². The first-order valence-electron chi connectivity index (χ1n) is 7.38. The first kappa shape index (κ1) is 15.9. The highest BCUT2D eigenvalue weighted by atomic mass is 16.2. The number of fused-ring (bicyclic) bond motifs is 1. The smallest absolute Gasteiger partial charge is 0.313 e. The molecular formula is C17H21N3O2. The predicted octanol–water partition coefficient (Wildman–Crippen LogP) is 2.82. The molecular weight excluding hydrogens is 278 g/mol. The van der Waals surface area contributed by atoms with E-state index >= 15 is 0 Å². The van der Waals surface area contributed by atoms with Crippen molar-refractivity contribution < 1.29 is 9.59 Å². The molecule has 0 aliphatic heterocycles. The predicted molar refractivity (Wildman–Crippen MR) is 87.5 cm³/mol. The van der Waals surface area contributed by atoms with Crippen LogP contribution in [0.15, 0.2) is 36.5 Å². The molecule has 2 amide bonds. The van der Waals surface area contributed by atoms with Gasteiger partial charge in [-0.2, -0.15) is 0 Å². The second-order valence-electron chi connectivity index (χ2n) is 5.76. The quantitative estimate of drug-likeness (QED) is 0.886. The fourth-order valence-electron chi connectivity index (χ4n) is 2.52. The van der Waals surface area contributed by atoms with Gasteiger partial charge in [0.15, 0.2) is 0 Å². The number of nitrogens with zero attached hydrogens (tertiary/aromatic N) is 2. The number of aromatic nitrogens is 1. The van der Waals surface area contributed by atoms with Crippen molar-refractivity contribution in [2.24, 2.45) is 0 Å². The Morgan fingerprint density at radius 1 is 1.09 bits per heavy atom. The topological polar surface area (TPSA) is 62.3 Å². The van der Waals surface area contributed by atoms with Gasteiger partial charge in [0.1, 0.15) is 0 Å². The van der Waals surface area contributed by atoms with E-state index < -0.39 is 11.8 Å². The van der Waals surface area contributed by atoms with E-state index in [0.717, 1.165) is 10.9 Å². The molecule has 116 valence electrons. The number of benzene rings is 1. The number of rotatable bonds is 3. The summed E-state index contributed by atoms with van der Waals surface area (Å²) in [6.07, 6.45) is 1.72. The number of nitrogens with one attached hydrogen (secondary N) is 1. The van der Waals surface area contributed by atoms with Gasteiger partial charge in [0.2, 0.25) is 0 Å². The summed E-state index contributed by atoms with van der Waals surface area (Å²) in [5.74, 6) is -1.14. The van der Waals surface area contributed by atoms with E-state index in [1.54, 1.807) is 17.2 Å². The van der Waals surface area contributed by atoms with Crippen LogP contribution in [-0.2, 0) is 9.59 Å². The molecule has 1 N–H and O–H groups in total. The zero-order chi connectivity index (χ0) is 16.3. The molecule has 5 nitrogen and oxygen atoms in total. The number of hydrogen-bond acceptors (Lipinski definition) is 3. The first-order chi connectivity index (χ1) is 10.4. The van der Waals surface area contributed by atoms with Gasteiger partial charge in [0.25, 0.3) is 0 Å². The standard InChI is InChI=1S/C17H21N3O2/c1-11(2)20(12(3)4)17(22)16(21)19-14-7-8-15-13(10-14)6-5-9-18-15/h5-12H,1-4H3,(H,19,21).